The standard InChI is InChI=1S/C29H33ClN6O6/c1-15(2)11-22(27(40)34-21(26(31)39)13-25(37)38)35-28(41)24-12-19-18-5-3-4-6-20(18)33-23(19)14-36(24)29(42)32-17-9-7-16(30)8-10-17/h3-10,15,21-22,24,33H,11-14H2,1-2H3,(H2,31,39)(H,32,42)(H,34,40)(H,35,41)(H,37,38)/t21-,22-,24+/m0/s1. The fourth-order valence-electron chi connectivity index (χ4n) is 5.02. The molecule has 13 heteroatoms. The van der Waals surface area contributed by atoms with Crippen LogP contribution >= 0.6 is 11.6 Å². The van der Waals surface area contributed by atoms with E-state index in [0.29, 0.717) is 10.7 Å². The summed E-state index contributed by atoms with van der Waals surface area (Å²) in [5.74, 6) is -3.70. The maximum atomic E-state index is 13.8. The molecule has 0 radical (unpaired) electrons. The van der Waals surface area contributed by atoms with E-state index >= 15 is 0 Å². The van der Waals surface area contributed by atoms with E-state index in [-0.39, 0.29) is 25.3 Å². The van der Waals surface area contributed by atoms with Gasteiger partial charge in [0, 0.05) is 33.7 Å². The van der Waals surface area contributed by atoms with Gasteiger partial charge in [-0.15, -0.1) is 0 Å². The van der Waals surface area contributed by atoms with E-state index < -0.39 is 54.3 Å². The number of anilines is 1. The minimum Gasteiger partial charge on any atom is -0.481 e. The Hall–Kier alpha value is -4.58. The molecule has 3 atom stereocenters. The largest absolute Gasteiger partial charge is 0.481 e. The summed E-state index contributed by atoms with van der Waals surface area (Å²) in [4.78, 5) is 68.2. The third-order valence-corrected chi connectivity index (χ3v) is 7.29. The topological polar surface area (TPSA) is 187 Å². The quantitative estimate of drug-likeness (QED) is 0.209. The van der Waals surface area contributed by atoms with Crippen LogP contribution in [0.1, 0.15) is 37.9 Å². The van der Waals surface area contributed by atoms with E-state index in [4.69, 9.17) is 22.4 Å². The Bertz CT molecular complexity index is 1500. The molecule has 0 unspecified atom stereocenters. The highest BCUT2D eigenvalue weighted by Gasteiger charge is 2.38. The summed E-state index contributed by atoms with van der Waals surface area (Å²) in [7, 11) is 0. The van der Waals surface area contributed by atoms with Crippen LogP contribution in [0.4, 0.5) is 10.5 Å². The number of nitrogens with one attached hydrogen (secondary N) is 4. The molecule has 2 aromatic carbocycles. The summed E-state index contributed by atoms with van der Waals surface area (Å²) < 4.78 is 0. The fourth-order valence-corrected chi connectivity index (χ4v) is 5.15. The van der Waals surface area contributed by atoms with Gasteiger partial charge in [0.2, 0.25) is 17.7 Å². The van der Waals surface area contributed by atoms with E-state index in [9.17, 15) is 24.0 Å². The molecule has 0 spiro atoms. The van der Waals surface area contributed by atoms with Crippen LogP contribution in [-0.2, 0) is 32.1 Å². The van der Waals surface area contributed by atoms with E-state index in [1.54, 1.807) is 24.3 Å². The number of aromatic nitrogens is 1. The maximum Gasteiger partial charge on any atom is 0.322 e. The number of benzene rings is 2. The molecule has 7 N–H and O–H groups in total. The molecule has 1 aromatic heterocycles. The summed E-state index contributed by atoms with van der Waals surface area (Å²) in [5.41, 5.74) is 8.33. The highest BCUT2D eigenvalue weighted by molar-refractivity contribution is 6.30. The number of hydrogen-bond acceptors (Lipinski definition) is 5. The van der Waals surface area contributed by atoms with Crippen molar-refractivity contribution in [2.75, 3.05) is 5.32 Å². The zero-order valence-electron chi connectivity index (χ0n) is 23.1. The Morgan fingerprint density at radius 3 is 2.38 bits per heavy atom. The Balaban J connectivity index is 1.61. The molecule has 222 valence electrons. The summed E-state index contributed by atoms with van der Waals surface area (Å²) >= 11 is 5.97. The van der Waals surface area contributed by atoms with Crippen molar-refractivity contribution in [3.05, 3.63) is 64.8 Å². The van der Waals surface area contributed by atoms with Gasteiger partial charge in [-0.3, -0.25) is 19.2 Å². The van der Waals surface area contributed by atoms with Crippen LogP contribution < -0.4 is 21.7 Å². The third-order valence-electron chi connectivity index (χ3n) is 7.04. The van der Waals surface area contributed by atoms with Crippen molar-refractivity contribution in [1.82, 2.24) is 20.5 Å². The number of carboxylic acids is 1. The monoisotopic (exact) mass is 596 g/mol. The molecule has 5 amide bonds. The molecule has 1 aliphatic heterocycles. The number of nitrogens with zero attached hydrogens (tertiary/aromatic N) is 1. The number of para-hydroxylation sites is 1. The number of carbonyl (C=O) groups is 5. The Morgan fingerprint density at radius 1 is 1.05 bits per heavy atom. The van der Waals surface area contributed by atoms with Gasteiger partial charge in [0.15, 0.2) is 0 Å². The minimum atomic E-state index is -1.45. The number of rotatable bonds is 10. The number of aromatic amines is 1. The molecular formula is C29H33ClN6O6. The number of fused-ring (bicyclic) bond motifs is 3. The first kappa shape index (κ1) is 30.4. The first-order valence-corrected chi connectivity index (χ1v) is 13.8. The molecule has 0 fully saturated rings. The summed E-state index contributed by atoms with van der Waals surface area (Å²) in [6, 6.07) is 10.1. The van der Waals surface area contributed by atoms with E-state index in [1.165, 1.54) is 4.90 Å². The Kier molecular flexibility index (Phi) is 9.36. The molecule has 0 saturated heterocycles. The number of H-pyrrole nitrogens is 1. The lowest BCUT2D eigenvalue weighted by molar-refractivity contribution is -0.140. The highest BCUT2D eigenvalue weighted by Crippen LogP contribution is 2.31. The summed E-state index contributed by atoms with van der Waals surface area (Å²) in [6.45, 7) is 3.80. The average Bonchev–Trinajstić information content (AvgIpc) is 3.29. The van der Waals surface area contributed by atoms with Crippen LogP contribution in [0, 0.1) is 5.92 Å². The number of nitrogens with two attached hydrogens (primary N) is 1. The zero-order chi connectivity index (χ0) is 30.6. The van der Waals surface area contributed by atoms with Gasteiger partial charge < -0.3 is 36.7 Å². The van der Waals surface area contributed by atoms with E-state index in [1.807, 2.05) is 38.1 Å². The highest BCUT2D eigenvalue weighted by atomic mass is 35.5. The SMILES string of the molecule is CC(C)C[C@H](NC(=O)[C@H]1Cc2c([nH]c3ccccc23)CN1C(=O)Nc1ccc(Cl)cc1)C(=O)N[C@@H](CC(=O)O)C(N)=O. The van der Waals surface area contributed by atoms with Gasteiger partial charge in [-0.25, -0.2) is 4.79 Å². The van der Waals surface area contributed by atoms with Gasteiger partial charge in [-0.1, -0.05) is 43.6 Å². The second-order valence-corrected chi connectivity index (χ2v) is 11.1. The first-order valence-electron chi connectivity index (χ1n) is 13.5. The molecule has 0 bridgehead atoms. The molecular weight excluding hydrogens is 564 g/mol. The normalized spacial score (nSPS) is 15.9. The molecule has 12 nitrogen and oxygen atoms in total. The smallest absolute Gasteiger partial charge is 0.322 e. The Labute approximate surface area is 247 Å². The number of amides is 5. The van der Waals surface area contributed by atoms with Crippen molar-refractivity contribution >= 4 is 57.9 Å². The first-order chi connectivity index (χ1) is 19.9. The van der Waals surface area contributed by atoms with Crippen molar-refractivity contribution in [3.8, 4) is 0 Å². The summed E-state index contributed by atoms with van der Waals surface area (Å²) in [5, 5.41) is 18.4. The lowest BCUT2D eigenvalue weighted by Gasteiger charge is -2.35. The number of carboxylic acid groups (broad SMARTS) is 1. The lowest BCUT2D eigenvalue weighted by atomic mass is 9.95. The second-order valence-electron chi connectivity index (χ2n) is 10.7. The van der Waals surface area contributed by atoms with Gasteiger partial charge in [0.25, 0.3) is 0 Å². The molecule has 4 rings (SSSR count). The number of aliphatic carboxylic acids is 1. The predicted molar refractivity (Wildman–Crippen MR) is 157 cm³/mol. The zero-order valence-corrected chi connectivity index (χ0v) is 23.9. The van der Waals surface area contributed by atoms with E-state index in [0.717, 1.165) is 22.2 Å². The number of urea groups is 1. The van der Waals surface area contributed by atoms with Crippen LogP contribution in [-0.4, -0.2) is 62.8 Å². The maximum absolute atomic E-state index is 13.8. The number of hydrogen-bond donors (Lipinski definition) is 6. The Morgan fingerprint density at radius 2 is 1.74 bits per heavy atom. The van der Waals surface area contributed by atoms with Crippen molar-refractivity contribution in [2.45, 2.75) is 57.8 Å². The summed E-state index contributed by atoms with van der Waals surface area (Å²) in [6.07, 6.45) is -0.329. The number of carbonyl (C=O) groups excluding carboxylic acids is 4. The number of primary amides is 1. The second kappa shape index (κ2) is 12.9. The minimum absolute atomic E-state index is 0.0524. The molecule has 42 heavy (non-hydrogen) atoms. The van der Waals surface area contributed by atoms with Gasteiger partial charge in [0.05, 0.1) is 13.0 Å². The van der Waals surface area contributed by atoms with Gasteiger partial charge in [-0.2, -0.15) is 0 Å². The van der Waals surface area contributed by atoms with Crippen molar-refractivity contribution < 1.29 is 29.1 Å². The predicted octanol–water partition coefficient (Wildman–Crippen LogP) is 2.76. The molecule has 3 aromatic rings. The van der Waals surface area contributed by atoms with Crippen LogP contribution in [0.15, 0.2) is 48.5 Å². The third kappa shape index (κ3) is 7.19. The van der Waals surface area contributed by atoms with Crippen LogP contribution in [0.5, 0.6) is 0 Å². The average molecular weight is 597 g/mol. The van der Waals surface area contributed by atoms with E-state index in [2.05, 4.69) is 20.9 Å². The van der Waals surface area contributed by atoms with Crippen LogP contribution in [0.25, 0.3) is 10.9 Å². The van der Waals surface area contributed by atoms with Crippen LogP contribution in [0.3, 0.4) is 0 Å². The van der Waals surface area contributed by atoms with Crippen molar-refractivity contribution in [2.24, 2.45) is 11.7 Å². The van der Waals surface area contributed by atoms with Crippen molar-refractivity contribution in [3.63, 3.8) is 0 Å². The molecule has 0 aliphatic carbocycles. The van der Waals surface area contributed by atoms with Gasteiger partial charge in [0.1, 0.15) is 18.1 Å². The molecule has 2 heterocycles. The van der Waals surface area contributed by atoms with Gasteiger partial charge >= 0.3 is 12.0 Å². The molecule has 0 saturated carbocycles. The van der Waals surface area contributed by atoms with Gasteiger partial charge in [-0.05, 0) is 48.2 Å². The number of halogens is 1. The van der Waals surface area contributed by atoms with Crippen molar-refractivity contribution in [1.29, 1.82) is 0 Å². The lowest BCUT2D eigenvalue weighted by Crippen LogP contribution is -2.59. The van der Waals surface area contributed by atoms with Crippen LogP contribution in [0.2, 0.25) is 5.02 Å². The fraction of sp³-hybridized carbons (Fsp3) is 0.345. The molecule has 1 aliphatic rings.